The van der Waals surface area contributed by atoms with Crippen molar-refractivity contribution in [2.45, 2.75) is 6.92 Å². The molecule has 0 heterocycles. The minimum atomic E-state index is -1.10. The number of benzene rings is 2. The summed E-state index contributed by atoms with van der Waals surface area (Å²) in [6, 6.07) is 9.08. The molecule has 3 nitrogen and oxygen atoms in total. The number of carboxylic acids is 1. The lowest BCUT2D eigenvalue weighted by molar-refractivity contribution is 0.0693. The third-order valence-corrected chi connectivity index (χ3v) is 3.21. The molecule has 0 saturated carbocycles. The van der Waals surface area contributed by atoms with Crippen molar-refractivity contribution in [2.24, 2.45) is 0 Å². The molecular weight excluding hydrogens is 315 g/mol. The molecule has 2 aromatic carbocycles. The average molecular weight is 325 g/mol. The summed E-state index contributed by atoms with van der Waals surface area (Å²) in [6.45, 7) is 1.61. The maximum atomic E-state index is 13.2. The second-order valence-corrected chi connectivity index (χ2v) is 4.79. The summed E-state index contributed by atoms with van der Waals surface area (Å²) in [6.07, 6.45) is 0. The van der Waals surface area contributed by atoms with Crippen molar-refractivity contribution in [3.8, 4) is 11.5 Å². The highest BCUT2D eigenvalue weighted by Crippen LogP contribution is 2.31. The number of carboxylic acid groups (broad SMARTS) is 1. The monoisotopic (exact) mass is 324 g/mol. The van der Waals surface area contributed by atoms with Gasteiger partial charge in [-0.25, -0.2) is 9.18 Å². The number of ether oxygens (including phenoxy) is 1. The summed E-state index contributed by atoms with van der Waals surface area (Å²) in [5.74, 6) is -0.839. The molecule has 0 aliphatic heterocycles. The SMILES string of the molecule is Cc1cc(Oc2cccc(Br)c2C(=O)O)ccc1F. The predicted octanol–water partition coefficient (Wildman–Crippen LogP) is 4.39. The van der Waals surface area contributed by atoms with Crippen molar-refractivity contribution in [2.75, 3.05) is 0 Å². The highest BCUT2D eigenvalue weighted by molar-refractivity contribution is 9.10. The minimum absolute atomic E-state index is 0.0319. The van der Waals surface area contributed by atoms with Gasteiger partial charge >= 0.3 is 5.97 Å². The minimum Gasteiger partial charge on any atom is -0.478 e. The van der Waals surface area contributed by atoms with E-state index in [2.05, 4.69) is 15.9 Å². The fourth-order valence-corrected chi connectivity index (χ4v) is 2.12. The van der Waals surface area contributed by atoms with Crippen LogP contribution in [0.3, 0.4) is 0 Å². The summed E-state index contributed by atoms with van der Waals surface area (Å²) in [7, 11) is 0. The van der Waals surface area contributed by atoms with Crippen LogP contribution in [0, 0.1) is 12.7 Å². The van der Waals surface area contributed by atoms with E-state index in [0.717, 1.165) is 0 Å². The van der Waals surface area contributed by atoms with Gasteiger partial charge in [-0.05, 0) is 58.7 Å². The van der Waals surface area contributed by atoms with Crippen LogP contribution in [0.25, 0.3) is 0 Å². The molecule has 0 aliphatic rings. The van der Waals surface area contributed by atoms with Gasteiger partial charge in [0.2, 0.25) is 0 Å². The first-order valence-corrected chi connectivity index (χ1v) is 6.24. The Morgan fingerprint density at radius 1 is 1.32 bits per heavy atom. The van der Waals surface area contributed by atoms with Gasteiger partial charge in [-0.15, -0.1) is 0 Å². The van der Waals surface area contributed by atoms with Gasteiger partial charge in [-0.2, -0.15) is 0 Å². The Balaban J connectivity index is 2.40. The number of aryl methyl sites for hydroxylation is 1. The molecule has 0 spiro atoms. The fourth-order valence-electron chi connectivity index (χ4n) is 1.60. The van der Waals surface area contributed by atoms with E-state index >= 15 is 0 Å². The van der Waals surface area contributed by atoms with Crippen LogP contribution < -0.4 is 4.74 Å². The van der Waals surface area contributed by atoms with Gasteiger partial charge in [0.05, 0.1) is 0 Å². The third-order valence-electron chi connectivity index (χ3n) is 2.55. The van der Waals surface area contributed by atoms with Crippen molar-refractivity contribution >= 4 is 21.9 Å². The van der Waals surface area contributed by atoms with E-state index in [9.17, 15) is 9.18 Å². The molecule has 0 aromatic heterocycles. The Kier molecular flexibility index (Phi) is 3.85. The van der Waals surface area contributed by atoms with Gasteiger partial charge < -0.3 is 9.84 Å². The molecular formula is C14H10BrFO3. The van der Waals surface area contributed by atoms with Crippen molar-refractivity contribution in [3.05, 3.63) is 57.8 Å². The van der Waals surface area contributed by atoms with Crippen molar-refractivity contribution < 1.29 is 19.0 Å². The van der Waals surface area contributed by atoms with Crippen LogP contribution in [0.15, 0.2) is 40.9 Å². The molecule has 1 N–H and O–H groups in total. The Morgan fingerprint density at radius 2 is 2.05 bits per heavy atom. The van der Waals surface area contributed by atoms with Crippen molar-refractivity contribution in [1.82, 2.24) is 0 Å². The van der Waals surface area contributed by atoms with Crippen molar-refractivity contribution in [1.29, 1.82) is 0 Å². The zero-order valence-electron chi connectivity index (χ0n) is 9.98. The van der Waals surface area contributed by atoms with Crippen molar-refractivity contribution in [3.63, 3.8) is 0 Å². The fraction of sp³-hybridized carbons (Fsp3) is 0.0714. The molecule has 98 valence electrons. The van der Waals surface area contributed by atoms with E-state index < -0.39 is 5.97 Å². The molecule has 0 bridgehead atoms. The Morgan fingerprint density at radius 3 is 2.68 bits per heavy atom. The smallest absolute Gasteiger partial charge is 0.340 e. The second kappa shape index (κ2) is 5.40. The Bertz CT molecular complexity index is 641. The lowest BCUT2D eigenvalue weighted by atomic mass is 10.2. The Labute approximate surface area is 117 Å². The summed E-state index contributed by atoms with van der Waals surface area (Å²) in [4.78, 5) is 11.2. The quantitative estimate of drug-likeness (QED) is 0.910. The lowest BCUT2D eigenvalue weighted by Gasteiger charge is -2.10. The van der Waals surface area contributed by atoms with E-state index in [1.807, 2.05) is 0 Å². The van der Waals surface area contributed by atoms with E-state index in [0.29, 0.717) is 15.8 Å². The second-order valence-electron chi connectivity index (χ2n) is 3.93. The summed E-state index contributed by atoms with van der Waals surface area (Å²) in [5.41, 5.74) is 0.467. The zero-order valence-corrected chi connectivity index (χ0v) is 11.6. The molecule has 0 atom stereocenters. The van der Waals surface area contributed by atoms with Gasteiger partial charge in [0, 0.05) is 4.47 Å². The maximum Gasteiger partial charge on any atom is 0.340 e. The zero-order chi connectivity index (χ0) is 14.0. The van der Waals surface area contributed by atoms with Gasteiger partial charge in [0.25, 0.3) is 0 Å². The molecule has 0 amide bonds. The molecule has 0 unspecified atom stereocenters. The highest BCUT2D eigenvalue weighted by atomic mass is 79.9. The normalized spacial score (nSPS) is 10.3. The highest BCUT2D eigenvalue weighted by Gasteiger charge is 2.16. The van der Waals surface area contributed by atoms with Crippen LogP contribution in [0.2, 0.25) is 0 Å². The van der Waals surface area contributed by atoms with Gasteiger partial charge in [-0.1, -0.05) is 6.07 Å². The van der Waals surface area contributed by atoms with E-state index in [-0.39, 0.29) is 17.1 Å². The van der Waals surface area contributed by atoms with E-state index in [1.54, 1.807) is 25.1 Å². The molecule has 5 heteroatoms. The number of aromatic carboxylic acids is 1. The first kappa shape index (κ1) is 13.5. The molecule has 2 rings (SSSR count). The largest absolute Gasteiger partial charge is 0.478 e. The molecule has 0 saturated heterocycles. The van der Waals surface area contributed by atoms with E-state index in [4.69, 9.17) is 9.84 Å². The molecule has 0 aliphatic carbocycles. The van der Waals surface area contributed by atoms with Crippen LogP contribution >= 0.6 is 15.9 Å². The number of hydrogen-bond donors (Lipinski definition) is 1. The van der Waals surface area contributed by atoms with Gasteiger partial charge in [-0.3, -0.25) is 0 Å². The maximum absolute atomic E-state index is 13.2. The number of halogens is 2. The molecule has 0 radical (unpaired) electrons. The molecule has 0 fully saturated rings. The predicted molar refractivity (Wildman–Crippen MR) is 72.3 cm³/mol. The Hall–Kier alpha value is -1.88. The molecule has 19 heavy (non-hydrogen) atoms. The van der Waals surface area contributed by atoms with Crippen LogP contribution in [0.5, 0.6) is 11.5 Å². The van der Waals surface area contributed by atoms with Gasteiger partial charge in [0.1, 0.15) is 22.9 Å². The lowest BCUT2D eigenvalue weighted by Crippen LogP contribution is -2.01. The summed E-state index contributed by atoms with van der Waals surface area (Å²) in [5, 5.41) is 9.15. The first-order chi connectivity index (χ1) is 8.99. The number of carbonyl (C=O) groups is 1. The summed E-state index contributed by atoms with van der Waals surface area (Å²) < 4.78 is 19.1. The van der Waals surface area contributed by atoms with Crippen LogP contribution in [0.1, 0.15) is 15.9 Å². The van der Waals surface area contributed by atoms with Gasteiger partial charge in [0.15, 0.2) is 0 Å². The number of hydrogen-bond acceptors (Lipinski definition) is 2. The average Bonchev–Trinajstić information content (AvgIpc) is 2.33. The van der Waals surface area contributed by atoms with Crippen LogP contribution in [-0.2, 0) is 0 Å². The standard InChI is InChI=1S/C14H10BrFO3/c1-8-7-9(5-6-11(8)16)19-12-4-2-3-10(15)13(12)14(17)18/h2-7H,1H3,(H,17,18). The first-order valence-electron chi connectivity index (χ1n) is 5.45. The van der Waals surface area contributed by atoms with Crippen LogP contribution in [-0.4, -0.2) is 11.1 Å². The number of rotatable bonds is 3. The topological polar surface area (TPSA) is 46.5 Å². The van der Waals surface area contributed by atoms with Crippen LogP contribution in [0.4, 0.5) is 4.39 Å². The third kappa shape index (κ3) is 2.93. The summed E-state index contributed by atoms with van der Waals surface area (Å²) >= 11 is 3.17. The molecule has 2 aromatic rings. The van der Waals surface area contributed by atoms with E-state index in [1.165, 1.54) is 18.2 Å².